The Labute approximate surface area is 199 Å². The van der Waals surface area contributed by atoms with Crippen molar-refractivity contribution in [3.05, 3.63) is 81.0 Å². The van der Waals surface area contributed by atoms with Crippen molar-refractivity contribution in [2.75, 3.05) is 10.8 Å². The van der Waals surface area contributed by atoms with Gasteiger partial charge in [0.25, 0.3) is 0 Å². The maximum absolute atomic E-state index is 13.0. The minimum atomic E-state index is -0.632. The highest BCUT2D eigenvalue weighted by Crippen LogP contribution is 2.32. The fourth-order valence-corrected chi connectivity index (χ4v) is 5.06. The fraction of sp³-hybridized carbons (Fsp3) is 0.0952. The second-order valence-corrected chi connectivity index (χ2v) is 9.50. The summed E-state index contributed by atoms with van der Waals surface area (Å²) < 4.78 is 6.92. The van der Waals surface area contributed by atoms with Crippen LogP contribution in [-0.2, 0) is 4.79 Å². The Morgan fingerprint density at radius 1 is 1.25 bits per heavy atom. The van der Waals surface area contributed by atoms with E-state index in [0.29, 0.717) is 10.9 Å². The van der Waals surface area contributed by atoms with Gasteiger partial charge in [-0.05, 0) is 36.4 Å². The van der Waals surface area contributed by atoms with Crippen LogP contribution in [0.2, 0.25) is 0 Å². The number of nitro groups is 1. The molecule has 0 spiro atoms. The Morgan fingerprint density at radius 3 is 2.81 bits per heavy atom. The molecule has 1 amide bonds. The number of benzene rings is 2. The zero-order valence-electron chi connectivity index (χ0n) is 16.4. The number of hydrogen-bond donors (Lipinski definition) is 0. The van der Waals surface area contributed by atoms with Crippen LogP contribution >= 0.6 is 39.0 Å². The SMILES string of the molecule is O=C(CCSc1ccccc1)N(/N=C/c1ccc([N+](=O)[O-])o1)c1nc2ccc(Br)cc2s1. The van der Waals surface area contributed by atoms with Crippen molar-refractivity contribution in [2.45, 2.75) is 11.3 Å². The van der Waals surface area contributed by atoms with Gasteiger partial charge in [-0.15, -0.1) is 11.8 Å². The molecule has 162 valence electrons. The van der Waals surface area contributed by atoms with Crippen LogP contribution in [0.4, 0.5) is 11.0 Å². The number of furan rings is 1. The molecule has 0 aliphatic rings. The minimum Gasteiger partial charge on any atom is -0.400 e. The molecule has 0 N–H and O–H groups in total. The Hall–Kier alpha value is -3.02. The number of hydrazone groups is 1. The van der Waals surface area contributed by atoms with Crippen molar-refractivity contribution in [1.82, 2.24) is 4.98 Å². The lowest BCUT2D eigenvalue weighted by molar-refractivity contribution is -0.402. The number of thiazole rings is 1. The third-order valence-electron chi connectivity index (χ3n) is 4.18. The fourth-order valence-electron chi connectivity index (χ4n) is 2.70. The molecule has 8 nitrogen and oxygen atoms in total. The van der Waals surface area contributed by atoms with Gasteiger partial charge in [-0.2, -0.15) is 10.1 Å². The average Bonchev–Trinajstić information content (AvgIpc) is 3.41. The zero-order valence-corrected chi connectivity index (χ0v) is 19.6. The summed E-state index contributed by atoms with van der Waals surface area (Å²) in [6.45, 7) is 0. The van der Waals surface area contributed by atoms with E-state index in [1.807, 2.05) is 48.5 Å². The van der Waals surface area contributed by atoms with E-state index in [9.17, 15) is 14.9 Å². The van der Waals surface area contributed by atoms with Gasteiger partial charge in [0.1, 0.15) is 4.92 Å². The van der Waals surface area contributed by atoms with E-state index in [-0.39, 0.29) is 18.1 Å². The standard InChI is InChI=1S/C21H15BrN4O4S2/c22-14-6-8-17-18(12-14)32-21(24-17)25(23-13-15-7-9-20(30-15)26(28)29)19(27)10-11-31-16-4-2-1-3-5-16/h1-9,12-13H,10-11H2/b23-13+. The second-order valence-electron chi connectivity index (χ2n) is 6.40. The molecule has 4 aromatic rings. The van der Waals surface area contributed by atoms with E-state index >= 15 is 0 Å². The normalized spacial score (nSPS) is 11.3. The number of anilines is 1. The molecule has 2 aromatic heterocycles. The van der Waals surface area contributed by atoms with Crippen LogP contribution < -0.4 is 5.01 Å². The first-order valence-corrected chi connectivity index (χ1v) is 11.9. The monoisotopic (exact) mass is 530 g/mol. The van der Waals surface area contributed by atoms with E-state index in [1.54, 1.807) is 11.8 Å². The summed E-state index contributed by atoms with van der Waals surface area (Å²) in [6, 6.07) is 18.1. The number of carbonyl (C=O) groups excluding carboxylic acids is 1. The highest BCUT2D eigenvalue weighted by Gasteiger charge is 2.20. The zero-order chi connectivity index (χ0) is 22.5. The van der Waals surface area contributed by atoms with Crippen molar-refractivity contribution in [1.29, 1.82) is 0 Å². The Kier molecular flexibility index (Phi) is 6.98. The van der Waals surface area contributed by atoms with Crippen molar-refractivity contribution < 1.29 is 14.1 Å². The lowest BCUT2D eigenvalue weighted by Gasteiger charge is -2.13. The van der Waals surface area contributed by atoms with Gasteiger partial charge in [0.2, 0.25) is 11.0 Å². The smallest absolute Gasteiger partial charge is 0.400 e. The first-order chi connectivity index (χ1) is 15.5. The molecule has 0 aliphatic heterocycles. The highest BCUT2D eigenvalue weighted by molar-refractivity contribution is 9.10. The van der Waals surface area contributed by atoms with Crippen LogP contribution in [0.5, 0.6) is 0 Å². The summed E-state index contributed by atoms with van der Waals surface area (Å²) in [4.78, 5) is 28.8. The predicted molar refractivity (Wildman–Crippen MR) is 130 cm³/mol. The molecule has 0 fully saturated rings. The number of hydrogen-bond acceptors (Lipinski definition) is 8. The lowest BCUT2D eigenvalue weighted by atomic mass is 10.3. The van der Waals surface area contributed by atoms with Crippen LogP contribution in [0.15, 0.2) is 79.6 Å². The van der Waals surface area contributed by atoms with E-state index < -0.39 is 10.8 Å². The summed E-state index contributed by atoms with van der Waals surface area (Å²) in [6.07, 6.45) is 1.51. The van der Waals surface area contributed by atoms with E-state index in [4.69, 9.17) is 4.42 Å². The van der Waals surface area contributed by atoms with Gasteiger partial charge < -0.3 is 4.42 Å². The van der Waals surface area contributed by atoms with Crippen LogP contribution in [0.3, 0.4) is 0 Å². The lowest BCUT2D eigenvalue weighted by Crippen LogP contribution is -2.25. The van der Waals surface area contributed by atoms with Gasteiger partial charge in [0.05, 0.1) is 22.5 Å². The maximum atomic E-state index is 13.0. The van der Waals surface area contributed by atoms with Gasteiger partial charge in [0.15, 0.2) is 5.76 Å². The molecule has 11 heteroatoms. The molecule has 2 aromatic carbocycles. The molecule has 0 unspecified atom stereocenters. The first-order valence-electron chi connectivity index (χ1n) is 9.35. The van der Waals surface area contributed by atoms with Crippen molar-refractivity contribution in [2.24, 2.45) is 5.10 Å². The van der Waals surface area contributed by atoms with Gasteiger partial charge >= 0.3 is 5.88 Å². The number of aromatic nitrogens is 1. The number of thioether (sulfide) groups is 1. The number of rotatable bonds is 8. The van der Waals surface area contributed by atoms with Gasteiger partial charge in [0, 0.05) is 21.5 Å². The van der Waals surface area contributed by atoms with Crippen molar-refractivity contribution >= 4 is 72.4 Å². The van der Waals surface area contributed by atoms with Crippen molar-refractivity contribution in [3.63, 3.8) is 0 Å². The first kappa shape index (κ1) is 22.2. The molecule has 4 rings (SSSR count). The molecule has 0 atom stereocenters. The molecule has 0 saturated heterocycles. The molecule has 32 heavy (non-hydrogen) atoms. The highest BCUT2D eigenvalue weighted by atomic mass is 79.9. The molecule has 2 heterocycles. The second kappa shape index (κ2) is 10.1. The van der Waals surface area contributed by atoms with E-state index in [2.05, 4.69) is 26.0 Å². The molecule has 0 saturated carbocycles. The Bertz CT molecular complexity index is 1290. The van der Waals surface area contributed by atoms with Gasteiger partial charge in [-0.1, -0.05) is 45.5 Å². The summed E-state index contributed by atoms with van der Waals surface area (Å²) in [5, 5.41) is 16.7. The average molecular weight is 531 g/mol. The summed E-state index contributed by atoms with van der Waals surface area (Å²) >= 11 is 6.34. The number of halogens is 1. The number of carbonyl (C=O) groups is 1. The molecular formula is C21H15BrN4O4S2. The molecule has 0 bridgehead atoms. The van der Waals surface area contributed by atoms with Gasteiger partial charge in [-0.25, -0.2) is 4.98 Å². The van der Waals surface area contributed by atoms with Crippen LogP contribution in [-0.4, -0.2) is 27.8 Å². The Balaban J connectivity index is 1.56. The number of amides is 1. The van der Waals surface area contributed by atoms with E-state index in [0.717, 1.165) is 19.6 Å². The molecule has 0 radical (unpaired) electrons. The quantitative estimate of drug-likeness (QED) is 0.118. The van der Waals surface area contributed by atoms with Crippen LogP contribution in [0.1, 0.15) is 12.2 Å². The summed E-state index contributed by atoms with van der Waals surface area (Å²) in [7, 11) is 0. The number of fused-ring (bicyclic) bond motifs is 1. The largest absolute Gasteiger partial charge is 0.433 e. The summed E-state index contributed by atoms with van der Waals surface area (Å²) in [5.41, 5.74) is 0.744. The maximum Gasteiger partial charge on any atom is 0.433 e. The summed E-state index contributed by atoms with van der Waals surface area (Å²) in [5.74, 6) is 0.0895. The van der Waals surface area contributed by atoms with Crippen molar-refractivity contribution in [3.8, 4) is 0 Å². The van der Waals surface area contributed by atoms with Crippen LogP contribution in [0.25, 0.3) is 10.2 Å². The number of nitrogens with zero attached hydrogens (tertiary/aromatic N) is 4. The third-order valence-corrected chi connectivity index (χ3v) is 6.68. The van der Waals surface area contributed by atoms with Gasteiger partial charge in [-0.3, -0.25) is 14.9 Å². The third kappa shape index (κ3) is 5.42. The predicted octanol–water partition coefficient (Wildman–Crippen LogP) is 6.11. The minimum absolute atomic E-state index is 0.164. The topological polar surface area (TPSA) is 102 Å². The van der Waals surface area contributed by atoms with E-state index in [1.165, 1.54) is 34.7 Å². The van der Waals surface area contributed by atoms with Crippen LogP contribution in [0, 0.1) is 10.1 Å². The Morgan fingerprint density at radius 2 is 2.06 bits per heavy atom. The molecular weight excluding hydrogens is 516 g/mol. The molecule has 0 aliphatic carbocycles.